The SMILES string of the molecule is CC1(C)C(/C=C/c2ccc(C#Cc3ccc(Br)cc3)cc2)=[N+]([O-])C(C)(C)N1[O]. The number of benzene rings is 2. The van der Waals surface area contributed by atoms with Crippen LogP contribution in [0.1, 0.15) is 44.4 Å². The lowest BCUT2D eigenvalue weighted by atomic mass is 9.97. The van der Waals surface area contributed by atoms with E-state index in [1.54, 1.807) is 33.8 Å². The van der Waals surface area contributed by atoms with Crippen molar-refractivity contribution in [2.75, 3.05) is 0 Å². The zero-order chi connectivity index (χ0) is 20.5. The molecular formula is C23H22BrN2O2. The van der Waals surface area contributed by atoms with E-state index in [-0.39, 0.29) is 0 Å². The minimum atomic E-state index is -1.12. The van der Waals surface area contributed by atoms with Crippen LogP contribution in [-0.4, -0.2) is 26.7 Å². The van der Waals surface area contributed by atoms with E-state index in [1.165, 1.54) is 0 Å². The Morgan fingerprint density at radius 2 is 1.43 bits per heavy atom. The summed E-state index contributed by atoms with van der Waals surface area (Å²) < 4.78 is 1.83. The molecular weight excluding hydrogens is 416 g/mol. The van der Waals surface area contributed by atoms with Gasteiger partial charge in [-0.2, -0.15) is 4.74 Å². The third kappa shape index (κ3) is 3.90. The van der Waals surface area contributed by atoms with Gasteiger partial charge in [0, 0.05) is 35.5 Å². The number of hydroxylamine groups is 3. The fourth-order valence-electron chi connectivity index (χ4n) is 3.22. The molecule has 0 N–H and O–H groups in total. The van der Waals surface area contributed by atoms with Crippen molar-refractivity contribution in [3.63, 3.8) is 0 Å². The molecule has 0 atom stereocenters. The van der Waals surface area contributed by atoms with Gasteiger partial charge in [-0.05, 0) is 61.9 Å². The Labute approximate surface area is 174 Å². The maximum Gasteiger partial charge on any atom is 0.248 e. The van der Waals surface area contributed by atoms with Gasteiger partial charge in [0.25, 0.3) is 0 Å². The summed E-state index contributed by atoms with van der Waals surface area (Å²) in [5, 5.41) is 25.8. The van der Waals surface area contributed by atoms with Crippen molar-refractivity contribution in [3.05, 3.63) is 81.0 Å². The quantitative estimate of drug-likeness (QED) is 0.377. The van der Waals surface area contributed by atoms with E-state index >= 15 is 0 Å². The second kappa shape index (κ2) is 7.56. The van der Waals surface area contributed by atoms with Crippen LogP contribution in [-0.2, 0) is 5.21 Å². The van der Waals surface area contributed by atoms with Crippen molar-refractivity contribution in [2.24, 2.45) is 0 Å². The van der Waals surface area contributed by atoms with Crippen molar-refractivity contribution >= 4 is 27.7 Å². The van der Waals surface area contributed by atoms with Crippen LogP contribution in [0, 0.1) is 17.0 Å². The molecule has 1 radical (unpaired) electrons. The minimum absolute atomic E-state index is 0.451. The Morgan fingerprint density at radius 1 is 0.929 bits per heavy atom. The predicted molar refractivity (Wildman–Crippen MR) is 115 cm³/mol. The largest absolute Gasteiger partial charge is 0.622 e. The first-order valence-electron chi connectivity index (χ1n) is 9.00. The number of rotatable bonds is 2. The van der Waals surface area contributed by atoms with Gasteiger partial charge in [0.1, 0.15) is 5.54 Å². The molecule has 1 aliphatic heterocycles. The molecule has 143 valence electrons. The molecule has 1 heterocycles. The number of hydrogen-bond donors (Lipinski definition) is 0. The minimum Gasteiger partial charge on any atom is -0.622 e. The molecule has 0 aliphatic carbocycles. The second-order valence-electron chi connectivity index (χ2n) is 7.74. The molecule has 2 aromatic carbocycles. The van der Waals surface area contributed by atoms with Crippen molar-refractivity contribution < 1.29 is 9.95 Å². The molecule has 5 heteroatoms. The Morgan fingerprint density at radius 3 is 1.89 bits per heavy atom. The highest BCUT2D eigenvalue weighted by Crippen LogP contribution is 2.33. The van der Waals surface area contributed by atoms with Crippen molar-refractivity contribution in [1.82, 2.24) is 5.06 Å². The molecule has 0 spiro atoms. The van der Waals surface area contributed by atoms with E-state index in [2.05, 4.69) is 27.8 Å². The monoisotopic (exact) mass is 437 g/mol. The van der Waals surface area contributed by atoms with E-state index in [4.69, 9.17) is 0 Å². The molecule has 3 rings (SSSR count). The molecule has 0 aromatic heterocycles. The second-order valence-corrected chi connectivity index (χ2v) is 8.66. The van der Waals surface area contributed by atoms with Gasteiger partial charge in [-0.3, -0.25) is 0 Å². The van der Waals surface area contributed by atoms with Gasteiger partial charge >= 0.3 is 0 Å². The molecule has 28 heavy (non-hydrogen) atoms. The van der Waals surface area contributed by atoms with E-state index in [0.717, 1.165) is 31.0 Å². The zero-order valence-corrected chi connectivity index (χ0v) is 17.9. The third-order valence-corrected chi connectivity index (χ3v) is 5.42. The molecule has 0 saturated carbocycles. The highest BCUT2D eigenvalue weighted by Gasteiger charge is 2.56. The predicted octanol–water partition coefficient (Wildman–Crippen LogP) is 4.99. The maximum atomic E-state index is 12.5. The van der Waals surface area contributed by atoms with Gasteiger partial charge in [-0.15, -0.1) is 5.21 Å². The standard InChI is InChI=1S/C23H22BrN2O2/c1-22(2)21(25(27)23(3,4)26(22)28)16-13-18-8-5-17(6-9-18)7-10-19-11-14-20(24)15-12-19/h5-6,8-9,11-16H,1-4H3/b16-13+. The maximum absolute atomic E-state index is 12.5. The summed E-state index contributed by atoms with van der Waals surface area (Å²) in [6.45, 7) is 6.79. The van der Waals surface area contributed by atoms with Crippen LogP contribution < -0.4 is 0 Å². The van der Waals surface area contributed by atoms with Crippen LogP contribution in [0.2, 0.25) is 0 Å². The van der Waals surface area contributed by atoms with Gasteiger partial charge in [0.05, 0.1) is 0 Å². The van der Waals surface area contributed by atoms with Crippen LogP contribution in [0.25, 0.3) is 6.08 Å². The lowest BCUT2D eigenvalue weighted by Crippen LogP contribution is -2.50. The first-order chi connectivity index (χ1) is 13.1. The molecule has 0 saturated heterocycles. The summed E-state index contributed by atoms with van der Waals surface area (Å²) in [6.07, 6.45) is 3.58. The Balaban J connectivity index is 1.78. The summed E-state index contributed by atoms with van der Waals surface area (Å²) in [4.78, 5) is 0. The van der Waals surface area contributed by atoms with Gasteiger partial charge in [0.2, 0.25) is 11.4 Å². The first-order valence-corrected chi connectivity index (χ1v) is 9.79. The number of halogens is 1. The van der Waals surface area contributed by atoms with Gasteiger partial charge in [-0.25, -0.2) is 0 Å². The molecule has 0 amide bonds. The van der Waals surface area contributed by atoms with Crippen molar-refractivity contribution in [3.8, 4) is 11.8 Å². The summed E-state index contributed by atoms with van der Waals surface area (Å²) >= 11 is 3.41. The van der Waals surface area contributed by atoms with Gasteiger partial charge < -0.3 is 5.21 Å². The Bertz CT molecular complexity index is 992. The molecule has 0 fully saturated rings. The van der Waals surface area contributed by atoms with Crippen LogP contribution >= 0.6 is 15.9 Å². The smallest absolute Gasteiger partial charge is 0.248 e. The van der Waals surface area contributed by atoms with E-state index in [0.29, 0.717) is 5.71 Å². The first kappa shape index (κ1) is 20.3. The van der Waals surface area contributed by atoms with E-state index in [9.17, 15) is 10.4 Å². The molecule has 1 aliphatic rings. The normalized spacial score (nSPS) is 18.4. The lowest BCUT2D eigenvalue weighted by molar-refractivity contribution is -0.586. The fraction of sp³-hybridized carbons (Fsp3) is 0.261. The highest BCUT2D eigenvalue weighted by atomic mass is 79.9. The van der Waals surface area contributed by atoms with Crippen LogP contribution in [0.15, 0.2) is 59.1 Å². The topological polar surface area (TPSA) is 49.2 Å². The average Bonchev–Trinajstić information content (AvgIpc) is 2.78. The number of hydrogen-bond acceptors (Lipinski definition) is 2. The third-order valence-electron chi connectivity index (χ3n) is 4.89. The van der Waals surface area contributed by atoms with Crippen molar-refractivity contribution in [2.45, 2.75) is 38.9 Å². The number of nitrogens with zero attached hydrogens (tertiary/aromatic N) is 2. The summed E-state index contributed by atoms with van der Waals surface area (Å²) in [7, 11) is 0. The average molecular weight is 438 g/mol. The molecule has 4 nitrogen and oxygen atoms in total. The van der Waals surface area contributed by atoms with Crippen LogP contribution in [0.5, 0.6) is 0 Å². The summed E-state index contributed by atoms with van der Waals surface area (Å²) in [6, 6.07) is 15.6. The molecule has 0 unspecified atom stereocenters. The summed E-state index contributed by atoms with van der Waals surface area (Å²) in [5.74, 6) is 6.27. The summed E-state index contributed by atoms with van der Waals surface area (Å²) in [5.41, 5.74) is 1.26. The van der Waals surface area contributed by atoms with Crippen LogP contribution in [0.3, 0.4) is 0 Å². The fourth-order valence-corrected chi connectivity index (χ4v) is 3.48. The highest BCUT2D eigenvalue weighted by molar-refractivity contribution is 9.10. The zero-order valence-electron chi connectivity index (χ0n) is 16.4. The van der Waals surface area contributed by atoms with Gasteiger partial charge in [-0.1, -0.05) is 45.0 Å². The molecule has 0 bridgehead atoms. The van der Waals surface area contributed by atoms with Crippen LogP contribution in [0.4, 0.5) is 0 Å². The van der Waals surface area contributed by atoms with Gasteiger partial charge in [0.15, 0.2) is 0 Å². The molecule has 2 aromatic rings. The lowest BCUT2D eigenvalue weighted by Gasteiger charge is -2.27. The van der Waals surface area contributed by atoms with E-state index in [1.807, 2.05) is 54.6 Å². The Hall–Kier alpha value is -2.39. The Kier molecular flexibility index (Phi) is 5.49. The van der Waals surface area contributed by atoms with E-state index < -0.39 is 11.2 Å². The van der Waals surface area contributed by atoms with Crippen molar-refractivity contribution in [1.29, 1.82) is 0 Å².